The number of fused-ring (bicyclic) bond motifs is 1. The Morgan fingerprint density at radius 1 is 1.14 bits per heavy atom. The molecule has 0 fully saturated rings. The SMILES string of the molecule is CCN(CCC(C)(CO)NC)c1cccc2ccccc12. The van der Waals surface area contributed by atoms with Gasteiger partial charge in [0.1, 0.15) is 0 Å². The second kappa shape index (κ2) is 6.92. The average Bonchev–Trinajstić information content (AvgIpc) is 2.55. The minimum absolute atomic E-state index is 0.149. The molecule has 1 atom stereocenters. The summed E-state index contributed by atoms with van der Waals surface area (Å²) in [7, 11) is 1.91. The zero-order valence-corrected chi connectivity index (χ0v) is 13.3. The second-order valence-corrected chi connectivity index (χ2v) is 5.80. The number of rotatable bonds is 7. The lowest BCUT2D eigenvalue weighted by molar-refractivity contribution is 0.175. The van der Waals surface area contributed by atoms with Crippen LogP contribution >= 0.6 is 0 Å². The van der Waals surface area contributed by atoms with Crippen molar-refractivity contribution in [3.05, 3.63) is 42.5 Å². The van der Waals surface area contributed by atoms with Gasteiger partial charge in [-0.25, -0.2) is 0 Å². The molecule has 2 aromatic carbocycles. The third-order valence-corrected chi connectivity index (χ3v) is 4.38. The van der Waals surface area contributed by atoms with Gasteiger partial charge < -0.3 is 15.3 Å². The van der Waals surface area contributed by atoms with Gasteiger partial charge in [-0.15, -0.1) is 0 Å². The Bertz CT molecular complexity index is 573. The Balaban J connectivity index is 2.24. The van der Waals surface area contributed by atoms with Gasteiger partial charge in [-0.3, -0.25) is 0 Å². The van der Waals surface area contributed by atoms with Gasteiger partial charge in [-0.2, -0.15) is 0 Å². The molecule has 0 spiro atoms. The zero-order valence-electron chi connectivity index (χ0n) is 13.3. The van der Waals surface area contributed by atoms with E-state index >= 15 is 0 Å². The smallest absolute Gasteiger partial charge is 0.0611 e. The lowest BCUT2D eigenvalue weighted by atomic mass is 9.98. The third-order valence-electron chi connectivity index (χ3n) is 4.38. The summed E-state index contributed by atoms with van der Waals surface area (Å²) >= 11 is 0. The van der Waals surface area contributed by atoms with Crippen molar-refractivity contribution in [2.75, 3.05) is 31.6 Å². The van der Waals surface area contributed by atoms with E-state index in [9.17, 15) is 5.11 Å². The quantitative estimate of drug-likeness (QED) is 0.821. The molecule has 1 unspecified atom stereocenters. The van der Waals surface area contributed by atoms with Gasteiger partial charge in [-0.05, 0) is 38.8 Å². The minimum Gasteiger partial charge on any atom is -0.394 e. The Kier molecular flexibility index (Phi) is 5.21. The van der Waals surface area contributed by atoms with Crippen LogP contribution < -0.4 is 10.2 Å². The molecule has 0 saturated heterocycles. The lowest BCUT2D eigenvalue weighted by Crippen LogP contribution is -2.46. The van der Waals surface area contributed by atoms with Crippen LogP contribution in [-0.4, -0.2) is 37.4 Å². The van der Waals surface area contributed by atoms with Crippen LogP contribution in [-0.2, 0) is 0 Å². The molecule has 2 rings (SSSR count). The van der Waals surface area contributed by atoms with Crippen molar-refractivity contribution in [3.8, 4) is 0 Å². The Labute approximate surface area is 127 Å². The molecule has 0 saturated carbocycles. The van der Waals surface area contributed by atoms with Crippen molar-refractivity contribution < 1.29 is 5.11 Å². The predicted molar refractivity (Wildman–Crippen MR) is 91.0 cm³/mol. The van der Waals surface area contributed by atoms with E-state index in [0.717, 1.165) is 19.5 Å². The van der Waals surface area contributed by atoms with Crippen LogP contribution in [0.5, 0.6) is 0 Å². The van der Waals surface area contributed by atoms with Gasteiger partial charge in [-0.1, -0.05) is 36.4 Å². The maximum atomic E-state index is 9.53. The van der Waals surface area contributed by atoms with Crippen LogP contribution in [0.2, 0.25) is 0 Å². The second-order valence-electron chi connectivity index (χ2n) is 5.80. The number of nitrogens with one attached hydrogen (secondary N) is 1. The molecular formula is C18H26N2O. The first kappa shape index (κ1) is 15.8. The zero-order chi connectivity index (χ0) is 15.3. The Morgan fingerprint density at radius 2 is 1.86 bits per heavy atom. The molecule has 0 aromatic heterocycles. The van der Waals surface area contributed by atoms with E-state index in [1.807, 2.05) is 7.05 Å². The maximum absolute atomic E-state index is 9.53. The lowest BCUT2D eigenvalue weighted by Gasteiger charge is -2.32. The van der Waals surface area contributed by atoms with Gasteiger partial charge in [0.2, 0.25) is 0 Å². The average molecular weight is 286 g/mol. The van der Waals surface area contributed by atoms with Crippen LogP contribution in [0.25, 0.3) is 10.8 Å². The van der Waals surface area contributed by atoms with Crippen molar-refractivity contribution in [1.29, 1.82) is 0 Å². The molecule has 2 N–H and O–H groups in total. The number of aliphatic hydroxyl groups excluding tert-OH is 1. The Morgan fingerprint density at radius 3 is 2.52 bits per heavy atom. The molecule has 0 heterocycles. The van der Waals surface area contributed by atoms with Gasteiger partial charge in [0.15, 0.2) is 0 Å². The summed E-state index contributed by atoms with van der Waals surface area (Å²) in [5.41, 5.74) is 1.05. The number of anilines is 1. The van der Waals surface area contributed by atoms with Crippen LogP contribution in [0.3, 0.4) is 0 Å². The van der Waals surface area contributed by atoms with Crippen molar-refractivity contribution in [3.63, 3.8) is 0 Å². The molecule has 0 radical (unpaired) electrons. The summed E-state index contributed by atoms with van der Waals surface area (Å²) in [6.45, 7) is 6.26. The number of benzene rings is 2. The van der Waals surface area contributed by atoms with Crippen LogP contribution in [0.15, 0.2) is 42.5 Å². The fourth-order valence-electron chi connectivity index (χ4n) is 2.60. The van der Waals surface area contributed by atoms with Gasteiger partial charge in [0.05, 0.1) is 6.61 Å². The fourth-order valence-corrected chi connectivity index (χ4v) is 2.60. The molecule has 114 valence electrons. The van der Waals surface area contributed by atoms with E-state index in [4.69, 9.17) is 0 Å². The molecule has 3 nitrogen and oxygen atoms in total. The van der Waals surface area contributed by atoms with Crippen LogP contribution in [0.4, 0.5) is 5.69 Å². The first-order valence-corrected chi connectivity index (χ1v) is 7.66. The topological polar surface area (TPSA) is 35.5 Å². The van der Waals surface area contributed by atoms with Gasteiger partial charge in [0, 0.05) is 29.7 Å². The monoisotopic (exact) mass is 286 g/mol. The molecular weight excluding hydrogens is 260 g/mol. The van der Waals surface area contributed by atoms with E-state index in [-0.39, 0.29) is 12.1 Å². The molecule has 3 heteroatoms. The van der Waals surface area contributed by atoms with Crippen molar-refractivity contribution in [2.45, 2.75) is 25.8 Å². The molecule has 0 aliphatic carbocycles. The summed E-state index contributed by atoms with van der Waals surface area (Å²) < 4.78 is 0. The highest BCUT2D eigenvalue weighted by Gasteiger charge is 2.21. The normalized spacial score (nSPS) is 14.1. The number of hydrogen-bond donors (Lipinski definition) is 2. The highest BCUT2D eigenvalue weighted by Crippen LogP contribution is 2.27. The summed E-state index contributed by atoms with van der Waals surface area (Å²) in [6, 6.07) is 14.9. The van der Waals surface area contributed by atoms with E-state index in [1.54, 1.807) is 0 Å². The summed E-state index contributed by atoms with van der Waals surface area (Å²) in [4.78, 5) is 2.38. The predicted octanol–water partition coefficient (Wildman–Crippen LogP) is 3.03. The van der Waals surface area contributed by atoms with Gasteiger partial charge >= 0.3 is 0 Å². The summed E-state index contributed by atoms with van der Waals surface area (Å²) in [5, 5.41) is 15.3. The molecule has 21 heavy (non-hydrogen) atoms. The van der Waals surface area contributed by atoms with E-state index < -0.39 is 0 Å². The van der Waals surface area contributed by atoms with Crippen LogP contribution in [0, 0.1) is 0 Å². The van der Waals surface area contributed by atoms with E-state index in [0.29, 0.717) is 0 Å². The first-order chi connectivity index (χ1) is 10.1. The highest BCUT2D eigenvalue weighted by atomic mass is 16.3. The van der Waals surface area contributed by atoms with Crippen molar-refractivity contribution in [2.24, 2.45) is 0 Å². The molecule has 2 aromatic rings. The number of aliphatic hydroxyl groups is 1. The van der Waals surface area contributed by atoms with Gasteiger partial charge in [0.25, 0.3) is 0 Å². The number of likely N-dealkylation sites (N-methyl/N-ethyl adjacent to an activating group) is 1. The van der Waals surface area contributed by atoms with Crippen molar-refractivity contribution >= 4 is 16.5 Å². The summed E-state index contributed by atoms with van der Waals surface area (Å²) in [6.07, 6.45) is 0.900. The van der Waals surface area contributed by atoms with E-state index in [2.05, 4.69) is 66.5 Å². The number of hydrogen-bond acceptors (Lipinski definition) is 3. The number of nitrogens with zero attached hydrogens (tertiary/aromatic N) is 1. The third kappa shape index (κ3) is 3.55. The minimum atomic E-state index is -0.224. The standard InChI is InChI=1S/C18H26N2O/c1-4-20(13-12-18(2,14-21)19-3)17-11-7-9-15-8-5-6-10-16(15)17/h5-11,19,21H,4,12-14H2,1-3H3. The van der Waals surface area contributed by atoms with E-state index in [1.165, 1.54) is 16.5 Å². The summed E-state index contributed by atoms with van der Waals surface area (Å²) in [5.74, 6) is 0. The van der Waals surface area contributed by atoms with Crippen molar-refractivity contribution in [1.82, 2.24) is 5.32 Å². The highest BCUT2D eigenvalue weighted by molar-refractivity contribution is 5.94. The Hall–Kier alpha value is -1.58. The molecule has 0 amide bonds. The first-order valence-electron chi connectivity index (χ1n) is 7.66. The molecule has 0 aliphatic rings. The molecule has 0 aliphatic heterocycles. The maximum Gasteiger partial charge on any atom is 0.0611 e. The fraction of sp³-hybridized carbons (Fsp3) is 0.444. The van der Waals surface area contributed by atoms with Crippen LogP contribution in [0.1, 0.15) is 20.3 Å². The largest absolute Gasteiger partial charge is 0.394 e. The molecule has 0 bridgehead atoms.